The lowest BCUT2D eigenvalue weighted by Crippen LogP contribution is -2.69. The number of thioether (sulfide) groups is 1. The summed E-state index contributed by atoms with van der Waals surface area (Å²) in [7, 11) is 4.83. The Morgan fingerprint density at radius 1 is 1.05 bits per heavy atom. The molecule has 60 heavy (non-hydrogen) atoms. The molecule has 1 spiro atoms. The number of nitrogens with zero attached hydrogens (tertiary/aromatic N) is 4. The number of methoxy groups -OCH3 is 2. The van der Waals surface area contributed by atoms with Gasteiger partial charge in [0, 0.05) is 53.6 Å². The molecule has 1 amide bonds. The number of carbonyl (C=O) groups is 3. The van der Waals surface area contributed by atoms with Crippen LogP contribution in [0, 0.1) is 25.2 Å². The number of fused-ring (bicyclic) bond motifs is 9. The molecule has 4 bridgehead atoms. The standard InChI is InChI=1S/C43H44N4O12S/c1-8-55-42(52)46-10-9-22-13-28(49)29(53-6)14-24(22)43(46)17-60-40-32-31(39-38(57-18-58-39)20(3)37(32)59-21(4)48)27(16-56-41(43)51)47-26(15-44)25-12-23-11-19(2)36(54-7)35(50)30(23)33(34(40)47)45(25)5/h8,11,13-14,25-27,33-34,40,49-50H,1,9-10,12,16-18H2,2-7H3/t25-,26-,27+,33+,34?,40+,43+/m0/s1. The van der Waals surface area contributed by atoms with Gasteiger partial charge in [0.05, 0.1) is 43.9 Å². The van der Waals surface area contributed by atoms with Gasteiger partial charge < -0.3 is 43.4 Å². The van der Waals surface area contributed by atoms with Crippen LogP contribution >= 0.6 is 11.8 Å². The summed E-state index contributed by atoms with van der Waals surface area (Å²) >= 11 is 1.31. The number of ether oxygens (including phenoxy) is 7. The van der Waals surface area contributed by atoms with Crippen LogP contribution < -0.4 is 23.7 Å². The third-order valence-corrected chi connectivity index (χ3v) is 14.5. The van der Waals surface area contributed by atoms with E-state index in [0.717, 1.165) is 17.4 Å². The van der Waals surface area contributed by atoms with E-state index in [4.69, 9.17) is 33.2 Å². The Hall–Kier alpha value is -5.83. The Morgan fingerprint density at radius 2 is 1.82 bits per heavy atom. The molecule has 2 N–H and O–H groups in total. The minimum atomic E-state index is -1.86. The van der Waals surface area contributed by atoms with Gasteiger partial charge in [-0.2, -0.15) is 5.26 Å². The average molecular weight is 841 g/mol. The number of nitriles is 1. The molecule has 1 unspecified atom stereocenters. The second-order valence-electron chi connectivity index (χ2n) is 15.8. The van der Waals surface area contributed by atoms with Gasteiger partial charge in [-0.1, -0.05) is 12.6 Å². The smallest absolute Gasteiger partial charge is 0.415 e. The maximum absolute atomic E-state index is 15.3. The Labute approximate surface area is 350 Å². The lowest BCUT2D eigenvalue weighted by atomic mass is 9.71. The van der Waals surface area contributed by atoms with Crippen LogP contribution in [-0.2, 0) is 37.4 Å². The highest BCUT2D eigenvalue weighted by Gasteiger charge is 2.63. The van der Waals surface area contributed by atoms with Gasteiger partial charge in [0.15, 0.2) is 40.0 Å². The number of phenolic OH excluding ortho intramolecular Hbond substituents is 2. The molecular weight excluding hydrogens is 797 g/mol. The molecule has 16 nitrogen and oxygen atoms in total. The molecule has 7 aliphatic rings. The third kappa shape index (κ3) is 5.39. The molecule has 3 aromatic rings. The van der Waals surface area contributed by atoms with Crippen molar-refractivity contribution < 1.29 is 57.8 Å². The third-order valence-electron chi connectivity index (χ3n) is 13.1. The zero-order chi connectivity index (χ0) is 42.5. The van der Waals surface area contributed by atoms with Crippen molar-refractivity contribution in [1.29, 1.82) is 5.26 Å². The molecule has 2 fully saturated rings. The summed E-state index contributed by atoms with van der Waals surface area (Å²) in [6.07, 6.45) is 0.841. The molecule has 7 aliphatic heterocycles. The van der Waals surface area contributed by atoms with Crippen LogP contribution in [0.2, 0.25) is 0 Å². The van der Waals surface area contributed by atoms with E-state index in [2.05, 4.69) is 22.4 Å². The second kappa shape index (κ2) is 14.4. The van der Waals surface area contributed by atoms with Gasteiger partial charge in [-0.05, 0) is 68.1 Å². The Balaban J connectivity index is 1.36. The number of aromatic hydroxyl groups is 2. The van der Waals surface area contributed by atoms with E-state index >= 15 is 4.79 Å². The molecule has 3 aromatic carbocycles. The summed E-state index contributed by atoms with van der Waals surface area (Å²) in [5, 5.41) is 33.5. The average Bonchev–Trinajstić information content (AvgIpc) is 3.71. The molecule has 7 atom stereocenters. The van der Waals surface area contributed by atoms with Crippen LogP contribution in [0.1, 0.15) is 68.8 Å². The van der Waals surface area contributed by atoms with E-state index in [9.17, 15) is 25.1 Å². The largest absolute Gasteiger partial charge is 0.504 e. The van der Waals surface area contributed by atoms with Crippen LogP contribution in [0.25, 0.3) is 0 Å². The van der Waals surface area contributed by atoms with Crippen molar-refractivity contribution in [2.45, 2.75) is 74.6 Å². The van der Waals surface area contributed by atoms with Gasteiger partial charge in [0.1, 0.15) is 18.4 Å². The van der Waals surface area contributed by atoms with Gasteiger partial charge in [-0.3, -0.25) is 19.5 Å². The molecule has 0 aromatic heterocycles. The zero-order valence-electron chi connectivity index (χ0n) is 33.9. The number of benzene rings is 3. The van der Waals surface area contributed by atoms with E-state index in [-0.39, 0.29) is 61.2 Å². The molecule has 0 aliphatic carbocycles. The Bertz CT molecular complexity index is 2440. The highest BCUT2D eigenvalue weighted by atomic mass is 32.2. The van der Waals surface area contributed by atoms with Crippen LogP contribution in [0.4, 0.5) is 4.79 Å². The van der Waals surface area contributed by atoms with Crippen LogP contribution in [0.3, 0.4) is 0 Å². The van der Waals surface area contributed by atoms with Crippen molar-refractivity contribution in [1.82, 2.24) is 14.7 Å². The molecule has 0 saturated carbocycles. The molecule has 10 rings (SSSR count). The number of amides is 1. The fourth-order valence-electron chi connectivity index (χ4n) is 10.7. The van der Waals surface area contributed by atoms with Gasteiger partial charge in [0.2, 0.25) is 6.79 Å². The molecule has 2 saturated heterocycles. The first-order chi connectivity index (χ1) is 28.8. The maximum atomic E-state index is 15.3. The quantitative estimate of drug-likeness (QED) is 0.203. The number of rotatable bonds is 4. The summed E-state index contributed by atoms with van der Waals surface area (Å²) in [4.78, 5) is 47.9. The monoisotopic (exact) mass is 840 g/mol. The molecule has 314 valence electrons. The topological polar surface area (TPSA) is 190 Å². The minimum Gasteiger partial charge on any atom is -0.504 e. The molecular formula is C43H44N4O12S. The first-order valence-corrected chi connectivity index (χ1v) is 20.6. The minimum absolute atomic E-state index is 0.0156. The number of piperazine rings is 1. The SMILES string of the molecule is C=COC(=O)N1CCc2cc(O)c(OC)cc2[C@@]12CS[C@@H]1c3c(OC(C)=O)c(C)c4c(c3[C@@H](COC2=O)N2C1[C@H]1c3c(cc(C)c(OC)c3O)C[C@@H]([C@@H]2C#N)N1C)OCO4. The summed E-state index contributed by atoms with van der Waals surface area (Å²) in [5.41, 5.74) is 2.98. The van der Waals surface area contributed by atoms with Crippen molar-refractivity contribution in [3.8, 4) is 46.3 Å². The van der Waals surface area contributed by atoms with Crippen molar-refractivity contribution in [2.75, 3.05) is 47.0 Å². The van der Waals surface area contributed by atoms with Crippen molar-refractivity contribution in [2.24, 2.45) is 0 Å². The summed E-state index contributed by atoms with van der Waals surface area (Å²) in [6.45, 7) is 8.09. The van der Waals surface area contributed by atoms with E-state index in [1.807, 2.05) is 20.0 Å². The van der Waals surface area contributed by atoms with Gasteiger partial charge >= 0.3 is 18.0 Å². The number of esters is 2. The first-order valence-electron chi connectivity index (χ1n) is 19.5. The Kier molecular flexibility index (Phi) is 9.52. The van der Waals surface area contributed by atoms with E-state index in [1.165, 1.54) is 43.9 Å². The number of aryl methyl sites for hydroxylation is 1. The van der Waals surface area contributed by atoms with Gasteiger partial charge in [-0.15, -0.1) is 11.8 Å². The van der Waals surface area contributed by atoms with Crippen LogP contribution in [0.15, 0.2) is 31.0 Å². The summed E-state index contributed by atoms with van der Waals surface area (Å²) in [6, 6.07) is 4.37. The summed E-state index contributed by atoms with van der Waals surface area (Å²) < 4.78 is 41.5. The van der Waals surface area contributed by atoms with Crippen LogP contribution in [-0.4, -0.2) is 108 Å². The highest BCUT2D eigenvalue weighted by molar-refractivity contribution is 7.99. The van der Waals surface area contributed by atoms with E-state index in [1.54, 1.807) is 13.0 Å². The van der Waals surface area contributed by atoms with Crippen molar-refractivity contribution >= 4 is 29.8 Å². The lowest BCUT2D eigenvalue weighted by Gasteiger charge is -2.62. The van der Waals surface area contributed by atoms with Crippen LogP contribution in [0.5, 0.6) is 40.2 Å². The number of hydrogen-bond donors (Lipinski definition) is 2. The lowest BCUT2D eigenvalue weighted by molar-refractivity contribution is -0.162. The second-order valence-corrected chi connectivity index (χ2v) is 17.0. The van der Waals surface area contributed by atoms with Crippen molar-refractivity contribution in [3.05, 3.63) is 75.5 Å². The molecule has 7 heterocycles. The number of phenols is 2. The van der Waals surface area contributed by atoms with Gasteiger partial charge in [0.25, 0.3) is 0 Å². The highest BCUT2D eigenvalue weighted by Crippen LogP contribution is 2.65. The fourth-order valence-corrected chi connectivity index (χ4v) is 12.4. The first kappa shape index (κ1) is 39.6. The normalized spacial score (nSPS) is 27.4. The van der Waals surface area contributed by atoms with Crippen molar-refractivity contribution in [3.63, 3.8) is 0 Å². The maximum Gasteiger partial charge on any atom is 0.415 e. The molecule has 17 heteroatoms. The molecule has 0 radical (unpaired) electrons. The number of hydrogen-bond acceptors (Lipinski definition) is 16. The predicted octanol–water partition coefficient (Wildman–Crippen LogP) is 4.98. The predicted molar refractivity (Wildman–Crippen MR) is 213 cm³/mol. The Morgan fingerprint density at radius 3 is 2.52 bits per heavy atom. The summed E-state index contributed by atoms with van der Waals surface area (Å²) in [5.74, 6) is -0.270. The van der Waals surface area contributed by atoms with E-state index < -0.39 is 53.0 Å². The fraction of sp³-hybridized carbons (Fsp3) is 0.442. The number of carbonyl (C=O) groups excluding carboxylic acids is 3. The zero-order valence-corrected chi connectivity index (χ0v) is 34.7. The van der Waals surface area contributed by atoms with E-state index in [0.29, 0.717) is 57.1 Å². The number of likely N-dealkylation sites (N-methyl/N-ethyl adjacent to an activating group) is 1. The van der Waals surface area contributed by atoms with Gasteiger partial charge in [-0.25, -0.2) is 9.59 Å².